The summed E-state index contributed by atoms with van der Waals surface area (Å²) in [6, 6.07) is 1.89. The SMILES string of the molecule is N#Cc1cnc(N2CCN(C(=O)O)CC2)nc1Cl. The minimum atomic E-state index is -0.923. The Morgan fingerprint density at radius 1 is 1.44 bits per heavy atom. The van der Waals surface area contributed by atoms with Crippen molar-refractivity contribution in [2.75, 3.05) is 31.1 Å². The van der Waals surface area contributed by atoms with Gasteiger partial charge in [-0.3, -0.25) is 0 Å². The lowest BCUT2D eigenvalue weighted by Crippen LogP contribution is -2.48. The molecule has 0 atom stereocenters. The molecule has 8 heteroatoms. The zero-order valence-corrected chi connectivity index (χ0v) is 10.1. The fraction of sp³-hybridized carbons (Fsp3) is 0.400. The molecular weight excluding hydrogens is 258 g/mol. The van der Waals surface area contributed by atoms with Gasteiger partial charge in [0.05, 0.1) is 6.20 Å². The third-order valence-electron chi connectivity index (χ3n) is 2.68. The maximum absolute atomic E-state index is 10.8. The molecule has 2 rings (SSSR count). The van der Waals surface area contributed by atoms with Crippen molar-refractivity contribution in [3.05, 3.63) is 16.9 Å². The van der Waals surface area contributed by atoms with Gasteiger partial charge in [-0.05, 0) is 0 Å². The van der Waals surface area contributed by atoms with Gasteiger partial charge in [0.25, 0.3) is 0 Å². The molecule has 1 aromatic heterocycles. The molecule has 1 fully saturated rings. The molecule has 1 aromatic rings. The Morgan fingerprint density at radius 3 is 2.61 bits per heavy atom. The molecule has 0 unspecified atom stereocenters. The molecular formula is C10H10ClN5O2. The van der Waals surface area contributed by atoms with Crippen molar-refractivity contribution in [2.45, 2.75) is 0 Å². The zero-order valence-electron chi connectivity index (χ0n) is 9.38. The van der Waals surface area contributed by atoms with E-state index >= 15 is 0 Å². The monoisotopic (exact) mass is 267 g/mol. The summed E-state index contributed by atoms with van der Waals surface area (Å²) in [7, 11) is 0. The molecule has 94 valence electrons. The van der Waals surface area contributed by atoms with Gasteiger partial charge in [0.2, 0.25) is 5.95 Å². The molecule has 1 aliphatic heterocycles. The summed E-state index contributed by atoms with van der Waals surface area (Å²) >= 11 is 5.82. The van der Waals surface area contributed by atoms with Gasteiger partial charge >= 0.3 is 6.09 Å². The van der Waals surface area contributed by atoms with E-state index in [9.17, 15) is 4.79 Å². The van der Waals surface area contributed by atoms with E-state index in [1.807, 2.05) is 11.0 Å². The van der Waals surface area contributed by atoms with E-state index in [1.165, 1.54) is 11.1 Å². The van der Waals surface area contributed by atoms with Crippen LogP contribution in [0.4, 0.5) is 10.7 Å². The molecule has 1 saturated heterocycles. The van der Waals surface area contributed by atoms with Gasteiger partial charge in [-0.15, -0.1) is 0 Å². The highest BCUT2D eigenvalue weighted by Crippen LogP contribution is 2.17. The van der Waals surface area contributed by atoms with Crippen LogP contribution in [-0.4, -0.2) is 52.2 Å². The largest absolute Gasteiger partial charge is 0.465 e. The van der Waals surface area contributed by atoms with Gasteiger partial charge < -0.3 is 14.9 Å². The third kappa shape index (κ3) is 2.43. The Hall–Kier alpha value is -2.07. The summed E-state index contributed by atoms with van der Waals surface area (Å²) in [5.74, 6) is 0.420. The summed E-state index contributed by atoms with van der Waals surface area (Å²) in [5, 5.41) is 17.7. The number of anilines is 1. The van der Waals surface area contributed by atoms with Crippen LogP contribution in [0.3, 0.4) is 0 Å². The first-order valence-electron chi connectivity index (χ1n) is 5.27. The quantitative estimate of drug-likeness (QED) is 0.757. The lowest BCUT2D eigenvalue weighted by molar-refractivity contribution is 0.142. The number of hydrogen-bond donors (Lipinski definition) is 1. The molecule has 0 aromatic carbocycles. The second kappa shape index (κ2) is 5.06. The Balaban J connectivity index is 2.08. The Bertz CT molecular complexity index is 507. The molecule has 7 nitrogen and oxygen atoms in total. The van der Waals surface area contributed by atoms with Gasteiger partial charge in [-0.25, -0.2) is 9.78 Å². The van der Waals surface area contributed by atoms with Crippen LogP contribution in [0.25, 0.3) is 0 Å². The number of nitriles is 1. The average Bonchev–Trinajstić information content (AvgIpc) is 2.38. The van der Waals surface area contributed by atoms with Crippen LogP contribution < -0.4 is 4.90 Å². The Morgan fingerprint density at radius 2 is 2.11 bits per heavy atom. The molecule has 0 bridgehead atoms. The van der Waals surface area contributed by atoms with E-state index in [-0.39, 0.29) is 10.7 Å². The van der Waals surface area contributed by atoms with E-state index in [2.05, 4.69) is 9.97 Å². The molecule has 1 aliphatic rings. The number of piperazine rings is 1. The standard InChI is InChI=1S/C10H10ClN5O2/c11-8-7(5-12)6-13-9(14-8)15-1-3-16(4-2-15)10(17)18/h6H,1-4H2,(H,17,18). The number of amides is 1. The normalized spacial score (nSPS) is 15.3. The first kappa shape index (κ1) is 12.4. The van der Waals surface area contributed by atoms with Crippen molar-refractivity contribution in [3.8, 4) is 6.07 Å². The minimum Gasteiger partial charge on any atom is -0.465 e. The highest BCUT2D eigenvalue weighted by atomic mass is 35.5. The first-order valence-corrected chi connectivity index (χ1v) is 5.65. The van der Waals surface area contributed by atoms with Gasteiger partial charge in [-0.1, -0.05) is 11.6 Å². The van der Waals surface area contributed by atoms with Gasteiger partial charge in [0, 0.05) is 26.2 Å². The molecule has 0 aliphatic carbocycles. The molecule has 2 heterocycles. The van der Waals surface area contributed by atoms with E-state index in [1.54, 1.807) is 0 Å². The number of hydrogen-bond acceptors (Lipinski definition) is 5. The number of aromatic nitrogens is 2. The highest BCUT2D eigenvalue weighted by molar-refractivity contribution is 6.30. The molecule has 0 radical (unpaired) electrons. The first-order chi connectivity index (χ1) is 8.61. The van der Waals surface area contributed by atoms with Crippen molar-refractivity contribution < 1.29 is 9.90 Å². The molecule has 0 spiro atoms. The lowest BCUT2D eigenvalue weighted by Gasteiger charge is -2.33. The number of rotatable bonds is 1. The zero-order chi connectivity index (χ0) is 13.1. The maximum Gasteiger partial charge on any atom is 0.407 e. The Kier molecular flexibility index (Phi) is 3.48. The smallest absolute Gasteiger partial charge is 0.407 e. The number of nitrogens with zero attached hydrogens (tertiary/aromatic N) is 5. The second-order valence-electron chi connectivity index (χ2n) is 3.74. The molecule has 0 saturated carbocycles. The van der Waals surface area contributed by atoms with Crippen LogP contribution in [0.5, 0.6) is 0 Å². The van der Waals surface area contributed by atoms with Crippen LogP contribution in [-0.2, 0) is 0 Å². The van der Waals surface area contributed by atoms with Crippen molar-refractivity contribution in [1.82, 2.24) is 14.9 Å². The predicted molar refractivity (Wildman–Crippen MR) is 63.6 cm³/mol. The van der Waals surface area contributed by atoms with Crippen molar-refractivity contribution >= 4 is 23.6 Å². The molecule has 18 heavy (non-hydrogen) atoms. The average molecular weight is 268 g/mol. The van der Waals surface area contributed by atoms with Crippen LogP contribution in [0, 0.1) is 11.3 Å². The Labute approximate surface area is 108 Å². The third-order valence-corrected chi connectivity index (χ3v) is 2.97. The minimum absolute atomic E-state index is 0.114. The van der Waals surface area contributed by atoms with E-state index in [0.29, 0.717) is 32.1 Å². The van der Waals surface area contributed by atoms with Crippen molar-refractivity contribution in [3.63, 3.8) is 0 Å². The van der Waals surface area contributed by atoms with Gasteiger partial charge in [0.15, 0.2) is 5.15 Å². The van der Waals surface area contributed by atoms with E-state index < -0.39 is 6.09 Å². The van der Waals surface area contributed by atoms with Crippen molar-refractivity contribution in [2.24, 2.45) is 0 Å². The van der Waals surface area contributed by atoms with Crippen LogP contribution in [0.2, 0.25) is 5.15 Å². The molecule has 1 N–H and O–H groups in total. The van der Waals surface area contributed by atoms with Crippen LogP contribution in [0.1, 0.15) is 5.56 Å². The summed E-state index contributed by atoms with van der Waals surface area (Å²) in [5.41, 5.74) is 0.226. The maximum atomic E-state index is 10.8. The molecule has 1 amide bonds. The van der Waals surface area contributed by atoms with Gasteiger partial charge in [0.1, 0.15) is 11.6 Å². The summed E-state index contributed by atoms with van der Waals surface area (Å²) in [6.07, 6.45) is 0.447. The summed E-state index contributed by atoms with van der Waals surface area (Å²) < 4.78 is 0. The fourth-order valence-electron chi connectivity index (χ4n) is 1.68. The number of carboxylic acid groups (broad SMARTS) is 1. The van der Waals surface area contributed by atoms with Crippen LogP contribution >= 0.6 is 11.6 Å². The van der Waals surface area contributed by atoms with Crippen molar-refractivity contribution in [1.29, 1.82) is 5.26 Å². The summed E-state index contributed by atoms with van der Waals surface area (Å²) in [4.78, 5) is 22.0. The lowest BCUT2D eigenvalue weighted by atomic mass is 10.3. The van der Waals surface area contributed by atoms with E-state index in [0.717, 1.165) is 0 Å². The fourth-order valence-corrected chi connectivity index (χ4v) is 1.84. The number of halogens is 1. The summed E-state index contributed by atoms with van der Waals surface area (Å²) in [6.45, 7) is 1.82. The van der Waals surface area contributed by atoms with Crippen LogP contribution in [0.15, 0.2) is 6.20 Å². The second-order valence-corrected chi connectivity index (χ2v) is 4.10. The highest BCUT2D eigenvalue weighted by Gasteiger charge is 2.22. The number of carbonyl (C=O) groups is 1. The van der Waals surface area contributed by atoms with Gasteiger partial charge in [-0.2, -0.15) is 10.2 Å². The predicted octanol–water partition coefficient (Wildman–Crippen LogP) is 0.802. The topological polar surface area (TPSA) is 93.4 Å². The van der Waals surface area contributed by atoms with E-state index in [4.69, 9.17) is 22.0 Å².